The first-order chi connectivity index (χ1) is 6.24. The average Bonchev–Trinajstić information content (AvgIpc) is 2.12. The van der Waals surface area contributed by atoms with Crippen LogP contribution in [-0.2, 0) is 0 Å². The molecule has 1 aliphatic heterocycles. The zero-order chi connectivity index (χ0) is 9.68. The quantitative estimate of drug-likeness (QED) is 0.553. The fourth-order valence-electron chi connectivity index (χ4n) is 1.76. The summed E-state index contributed by atoms with van der Waals surface area (Å²) in [6.45, 7) is 7.33. The van der Waals surface area contributed by atoms with Gasteiger partial charge in [-0.05, 0) is 33.4 Å². The van der Waals surface area contributed by atoms with Crippen molar-refractivity contribution in [2.75, 3.05) is 38.6 Å². The maximum Gasteiger partial charge on any atom is 0.0192 e. The molecule has 0 bridgehead atoms. The van der Waals surface area contributed by atoms with Crippen LogP contribution >= 0.6 is 15.9 Å². The van der Waals surface area contributed by atoms with Gasteiger partial charge in [-0.2, -0.15) is 0 Å². The van der Waals surface area contributed by atoms with Gasteiger partial charge in [-0.3, -0.25) is 0 Å². The highest BCUT2D eigenvalue weighted by atomic mass is 79.9. The summed E-state index contributed by atoms with van der Waals surface area (Å²) in [5.74, 6) is 0. The molecule has 0 aromatic carbocycles. The Morgan fingerprint density at radius 3 is 2.69 bits per heavy atom. The van der Waals surface area contributed by atoms with Gasteiger partial charge in [0.15, 0.2) is 0 Å². The Bertz CT molecular complexity index is 141. The van der Waals surface area contributed by atoms with Gasteiger partial charge in [0.1, 0.15) is 0 Å². The van der Waals surface area contributed by atoms with Gasteiger partial charge in [-0.1, -0.05) is 15.9 Å². The van der Waals surface area contributed by atoms with Gasteiger partial charge in [0.05, 0.1) is 0 Å². The highest BCUT2D eigenvalue weighted by Gasteiger charge is 2.19. The maximum atomic E-state index is 3.47. The monoisotopic (exact) mass is 248 g/mol. The van der Waals surface area contributed by atoms with Crippen molar-refractivity contribution >= 4 is 15.9 Å². The Kier molecular flexibility index (Phi) is 5.29. The third kappa shape index (κ3) is 3.96. The molecule has 2 nitrogen and oxygen atoms in total. The lowest BCUT2D eigenvalue weighted by Crippen LogP contribution is -2.50. The van der Waals surface area contributed by atoms with Crippen molar-refractivity contribution in [2.45, 2.75) is 25.8 Å². The van der Waals surface area contributed by atoms with Crippen LogP contribution in [0.5, 0.6) is 0 Å². The molecule has 0 amide bonds. The molecule has 1 saturated heterocycles. The van der Waals surface area contributed by atoms with E-state index >= 15 is 0 Å². The molecule has 0 aromatic heterocycles. The summed E-state index contributed by atoms with van der Waals surface area (Å²) in [5, 5.41) is 1.15. The topological polar surface area (TPSA) is 6.48 Å². The molecule has 0 spiro atoms. The minimum Gasteiger partial charge on any atom is -0.301 e. The summed E-state index contributed by atoms with van der Waals surface area (Å²) in [6, 6.07) is 0.734. The van der Waals surface area contributed by atoms with Gasteiger partial charge in [0.25, 0.3) is 0 Å². The molecule has 78 valence electrons. The number of alkyl halides is 1. The van der Waals surface area contributed by atoms with Crippen LogP contribution < -0.4 is 0 Å². The number of unbranched alkanes of at least 4 members (excludes halogenated alkanes) is 1. The van der Waals surface area contributed by atoms with Crippen molar-refractivity contribution in [2.24, 2.45) is 0 Å². The predicted molar refractivity (Wildman–Crippen MR) is 61.6 cm³/mol. The number of nitrogens with zero attached hydrogens (tertiary/aromatic N) is 2. The van der Waals surface area contributed by atoms with E-state index in [0.717, 1.165) is 11.4 Å². The van der Waals surface area contributed by atoms with Crippen LogP contribution in [0.3, 0.4) is 0 Å². The second-order valence-corrected chi connectivity index (χ2v) is 4.82. The molecule has 1 aliphatic rings. The Labute approximate surface area is 90.4 Å². The van der Waals surface area contributed by atoms with Crippen molar-refractivity contribution < 1.29 is 0 Å². The van der Waals surface area contributed by atoms with E-state index in [1.807, 2.05) is 0 Å². The van der Waals surface area contributed by atoms with Crippen LogP contribution in [0, 0.1) is 0 Å². The molecule has 0 aromatic rings. The lowest BCUT2D eigenvalue weighted by Gasteiger charge is -2.37. The summed E-state index contributed by atoms with van der Waals surface area (Å²) < 4.78 is 0. The second kappa shape index (κ2) is 5.99. The number of halogens is 1. The van der Waals surface area contributed by atoms with E-state index in [4.69, 9.17) is 0 Å². The number of likely N-dealkylation sites (N-methyl/N-ethyl adjacent to an activating group) is 1. The van der Waals surface area contributed by atoms with Gasteiger partial charge >= 0.3 is 0 Å². The third-order valence-electron chi connectivity index (χ3n) is 2.90. The molecule has 1 unspecified atom stereocenters. The summed E-state index contributed by atoms with van der Waals surface area (Å²) in [5.41, 5.74) is 0. The van der Waals surface area contributed by atoms with Crippen molar-refractivity contribution in [1.82, 2.24) is 9.80 Å². The molecule has 3 heteroatoms. The van der Waals surface area contributed by atoms with Gasteiger partial charge in [0.2, 0.25) is 0 Å². The molecular formula is C10H21BrN2. The van der Waals surface area contributed by atoms with Gasteiger partial charge in [-0.15, -0.1) is 0 Å². The average molecular weight is 249 g/mol. The minimum atomic E-state index is 0.734. The molecule has 1 atom stereocenters. The first-order valence-corrected chi connectivity index (χ1v) is 6.34. The fourth-order valence-corrected chi connectivity index (χ4v) is 2.15. The van der Waals surface area contributed by atoms with Crippen LogP contribution in [0.25, 0.3) is 0 Å². The largest absolute Gasteiger partial charge is 0.301 e. The summed E-state index contributed by atoms with van der Waals surface area (Å²) >= 11 is 3.47. The zero-order valence-corrected chi connectivity index (χ0v) is 10.4. The number of piperazine rings is 1. The first kappa shape index (κ1) is 11.5. The second-order valence-electron chi connectivity index (χ2n) is 4.03. The van der Waals surface area contributed by atoms with Gasteiger partial charge < -0.3 is 9.80 Å². The highest BCUT2D eigenvalue weighted by Crippen LogP contribution is 2.08. The molecule has 0 radical (unpaired) electrons. The third-order valence-corrected chi connectivity index (χ3v) is 3.46. The number of hydrogen-bond donors (Lipinski definition) is 0. The number of hydrogen-bond acceptors (Lipinski definition) is 2. The van der Waals surface area contributed by atoms with Crippen LogP contribution in [0.4, 0.5) is 0 Å². The van der Waals surface area contributed by atoms with E-state index in [2.05, 4.69) is 39.7 Å². The van der Waals surface area contributed by atoms with Crippen LogP contribution in [0.2, 0.25) is 0 Å². The molecule has 1 heterocycles. The molecule has 1 fully saturated rings. The predicted octanol–water partition coefficient (Wildman–Crippen LogP) is 1.80. The molecule has 0 N–H and O–H groups in total. The maximum absolute atomic E-state index is 3.47. The Hall–Kier alpha value is 0.400. The van der Waals surface area contributed by atoms with E-state index < -0.39 is 0 Å². The normalized spacial score (nSPS) is 26.5. The van der Waals surface area contributed by atoms with Crippen LogP contribution in [0.15, 0.2) is 0 Å². The Balaban J connectivity index is 2.14. The Morgan fingerprint density at radius 2 is 2.08 bits per heavy atom. The molecule has 0 aliphatic carbocycles. The molecule has 13 heavy (non-hydrogen) atoms. The smallest absolute Gasteiger partial charge is 0.0192 e. The van der Waals surface area contributed by atoms with E-state index in [-0.39, 0.29) is 0 Å². The van der Waals surface area contributed by atoms with Crippen molar-refractivity contribution in [3.63, 3.8) is 0 Å². The van der Waals surface area contributed by atoms with Crippen molar-refractivity contribution in [1.29, 1.82) is 0 Å². The first-order valence-electron chi connectivity index (χ1n) is 5.22. The molecule has 0 saturated carbocycles. The van der Waals surface area contributed by atoms with Gasteiger partial charge in [0, 0.05) is 31.0 Å². The van der Waals surface area contributed by atoms with Gasteiger partial charge in [-0.25, -0.2) is 0 Å². The van der Waals surface area contributed by atoms with E-state index in [1.165, 1.54) is 39.0 Å². The van der Waals surface area contributed by atoms with Crippen molar-refractivity contribution in [3.8, 4) is 0 Å². The lowest BCUT2D eigenvalue weighted by atomic mass is 10.2. The minimum absolute atomic E-state index is 0.734. The highest BCUT2D eigenvalue weighted by molar-refractivity contribution is 9.09. The summed E-state index contributed by atoms with van der Waals surface area (Å²) in [7, 11) is 2.22. The summed E-state index contributed by atoms with van der Waals surface area (Å²) in [6.07, 6.45) is 2.64. The van der Waals surface area contributed by atoms with E-state index in [0.29, 0.717) is 0 Å². The summed E-state index contributed by atoms with van der Waals surface area (Å²) in [4.78, 5) is 5.04. The molecular weight excluding hydrogens is 228 g/mol. The van der Waals surface area contributed by atoms with E-state index in [9.17, 15) is 0 Å². The van der Waals surface area contributed by atoms with Crippen LogP contribution in [0.1, 0.15) is 19.8 Å². The standard InChI is InChI=1S/C10H21BrN2/c1-10-9-13(6-4-3-5-11)8-7-12(10)2/h10H,3-9H2,1-2H3. The van der Waals surface area contributed by atoms with Crippen molar-refractivity contribution in [3.05, 3.63) is 0 Å². The lowest BCUT2D eigenvalue weighted by molar-refractivity contribution is 0.104. The number of rotatable bonds is 4. The van der Waals surface area contributed by atoms with Crippen LogP contribution in [-0.4, -0.2) is 54.4 Å². The Morgan fingerprint density at radius 1 is 1.31 bits per heavy atom. The molecule has 1 rings (SSSR count). The fraction of sp³-hybridized carbons (Fsp3) is 1.00. The SMILES string of the molecule is CC1CN(CCCCBr)CCN1C. The van der Waals surface area contributed by atoms with E-state index in [1.54, 1.807) is 0 Å². The zero-order valence-electron chi connectivity index (χ0n) is 8.80.